The van der Waals surface area contributed by atoms with Crippen LogP contribution in [0.15, 0.2) is 18.3 Å². The minimum Gasteiger partial charge on any atom is -0.307 e. The minimum atomic E-state index is 0.674. The van der Waals surface area contributed by atoms with Crippen LogP contribution in [0, 0.1) is 6.92 Å². The summed E-state index contributed by atoms with van der Waals surface area (Å²) < 4.78 is 0. The Labute approximate surface area is 110 Å². The zero-order chi connectivity index (χ0) is 12.4. The van der Waals surface area contributed by atoms with E-state index in [-0.39, 0.29) is 0 Å². The van der Waals surface area contributed by atoms with Gasteiger partial charge >= 0.3 is 0 Å². The Morgan fingerprint density at radius 2 is 2.22 bits per heavy atom. The van der Waals surface area contributed by atoms with Gasteiger partial charge in [0.05, 0.1) is 5.69 Å². The van der Waals surface area contributed by atoms with Crippen molar-refractivity contribution in [2.24, 2.45) is 0 Å². The zero-order valence-electron chi connectivity index (χ0n) is 11.2. The summed E-state index contributed by atoms with van der Waals surface area (Å²) in [6.07, 6.45) is 7.43. The third-order valence-electron chi connectivity index (χ3n) is 4.37. The second kappa shape index (κ2) is 5.37. The summed E-state index contributed by atoms with van der Waals surface area (Å²) in [6, 6.07) is 5.74. The molecule has 0 radical (unpaired) electrons. The number of nitrogens with one attached hydrogen (secondary N) is 1. The molecule has 0 spiro atoms. The number of aryl methyl sites for hydroxylation is 1. The molecule has 1 aromatic rings. The largest absolute Gasteiger partial charge is 0.307 e. The van der Waals surface area contributed by atoms with E-state index in [1.165, 1.54) is 44.3 Å². The molecule has 3 heterocycles. The Morgan fingerprint density at radius 3 is 3.06 bits per heavy atom. The van der Waals surface area contributed by atoms with E-state index in [0.717, 1.165) is 18.3 Å². The average molecular weight is 245 g/mol. The van der Waals surface area contributed by atoms with Crippen LogP contribution < -0.4 is 5.32 Å². The molecule has 3 nitrogen and oxygen atoms in total. The molecule has 0 aliphatic carbocycles. The van der Waals surface area contributed by atoms with Crippen molar-refractivity contribution >= 4 is 0 Å². The fourth-order valence-corrected chi connectivity index (χ4v) is 3.32. The summed E-state index contributed by atoms with van der Waals surface area (Å²) >= 11 is 0. The van der Waals surface area contributed by atoms with Crippen molar-refractivity contribution in [1.29, 1.82) is 0 Å². The predicted molar refractivity (Wildman–Crippen MR) is 73.4 cm³/mol. The standard InChI is InChI=1S/C15H23N3/c1-12-5-6-13(16-10-12)11-17-14-7-9-18-8-3-2-4-15(14)18/h5-6,10,14-15,17H,2-4,7-9,11H2,1H3. The second-order valence-corrected chi connectivity index (χ2v) is 5.70. The quantitative estimate of drug-likeness (QED) is 0.884. The van der Waals surface area contributed by atoms with Crippen LogP contribution in [-0.4, -0.2) is 35.1 Å². The Morgan fingerprint density at radius 1 is 1.28 bits per heavy atom. The van der Waals surface area contributed by atoms with Gasteiger partial charge in [0.25, 0.3) is 0 Å². The van der Waals surface area contributed by atoms with Gasteiger partial charge in [0.2, 0.25) is 0 Å². The van der Waals surface area contributed by atoms with Crippen LogP contribution in [0.4, 0.5) is 0 Å². The molecule has 2 aliphatic heterocycles. The van der Waals surface area contributed by atoms with Gasteiger partial charge in [-0.05, 0) is 44.4 Å². The van der Waals surface area contributed by atoms with Crippen LogP contribution in [0.25, 0.3) is 0 Å². The molecule has 1 aromatic heterocycles. The van der Waals surface area contributed by atoms with Crippen molar-refractivity contribution in [2.75, 3.05) is 13.1 Å². The summed E-state index contributed by atoms with van der Waals surface area (Å²) in [6.45, 7) is 5.59. The number of rotatable bonds is 3. The molecule has 0 amide bonds. The van der Waals surface area contributed by atoms with E-state index in [9.17, 15) is 0 Å². The number of hydrogen-bond donors (Lipinski definition) is 1. The van der Waals surface area contributed by atoms with E-state index >= 15 is 0 Å². The van der Waals surface area contributed by atoms with Crippen LogP contribution in [0.1, 0.15) is 36.9 Å². The van der Waals surface area contributed by atoms with Gasteiger partial charge < -0.3 is 5.32 Å². The third kappa shape index (κ3) is 2.57. The Balaban J connectivity index is 1.55. The molecule has 0 aromatic carbocycles. The van der Waals surface area contributed by atoms with Crippen molar-refractivity contribution in [2.45, 2.75) is 51.2 Å². The predicted octanol–water partition coefficient (Wildman–Crippen LogP) is 2.11. The van der Waals surface area contributed by atoms with E-state index < -0.39 is 0 Å². The smallest absolute Gasteiger partial charge is 0.0541 e. The minimum absolute atomic E-state index is 0.674. The highest BCUT2D eigenvalue weighted by molar-refractivity contribution is 5.12. The first-order valence-corrected chi connectivity index (χ1v) is 7.22. The van der Waals surface area contributed by atoms with E-state index in [1.54, 1.807) is 0 Å². The van der Waals surface area contributed by atoms with Gasteiger partial charge in [-0.2, -0.15) is 0 Å². The van der Waals surface area contributed by atoms with Gasteiger partial charge in [-0.25, -0.2) is 0 Å². The Bertz CT molecular complexity index is 387. The molecule has 2 saturated heterocycles. The molecular formula is C15H23N3. The number of piperidine rings is 1. The lowest BCUT2D eigenvalue weighted by atomic mass is 9.99. The number of fused-ring (bicyclic) bond motifs is 1. The molecule has 3 rings (SSSR count). The van der Waals surface area contributed by atoms with Crippen LogP contribution in [0.3, 0.4) is 0 Å². The molecule has 2 unspecified atom stereocenters. The van der Waals surface area contributed by atoms with Gasteiger partial charge in [-0.3, -0.25) is 9.88 Å². The van der Waals surface area contributed by atoms with Crippen LogP contribution >= 0.6 is 0 Å². The lowest BCUT2D eigenvalue weighted by molar-refractivity contribution is 0.180. The molecule has 0 bridgehead atoms. The van der Waals surface area contributed by atoms with Crippen LogP contribution in [0.5, 0.6) is 0 Å². The highest BCUT2D eigenvalue weighted by Gasteiger charge is 2.34. The summed E-state index contributed by atoms with van der Waals surface area (Å²) in [5.41, 5.74) is 2.40. The van der Waals surface area contributed by atoms with Gasteiger partial charge in [-0.1, -0.05) is 12.5 Å². The number of aromatic nitrogens is 1. The summed E-state index contributed by atoms with van der Waals surface area (Å²) in [5, 5.41) is 3.71. The van der Waals surface area contributed by atoms with Crippen LogP contribution in [-0.2, 0) is 6.54 Å². The van der Waals surface area contributed by atoms with Crippen molar-refractivity contribution in [3.8, 4) is 0 Å². The first kappa shape index (κ1) is 12.1. The number of nitrogens with zero attached hydrogens (tertiary/aromatic N) is 2. The lowest BCUT2D eigenvalue weighted by Crippen LogP contribution is -2.44. The SMILES string of the molecule is Cc1ccc(CNC2CCN3CCCCC23)nc1. The molecule has 18 heavy (non-hydrogen) atoms. The van der Waals surface area contributed by atoms with Gasteiger partial charge in [0, 0.05) is 31.4 Å². The second-order valence-electron chi connectivity index (χ2n) is 5.70. The molecular weight excluding hydrogens is 222 g/mol. The first-order valence-electron chi connectivity index (χ1n) is 7.22. The van der Waals surface area contributed by atoms with E-state index in [0.29, 0.717) is 6.04 Å². The highest BCUT2D eigenvalue weighted by Crippen LogP contribution is 2.27. The molecule has 0 saturated carbocycles. The molecule has 1 N–H and O–H groups in total. The van der Waals surface area contributed by atoms with Crippen molar-refractivity contribution in [1.82, 2.24) is 15.2 Å². The fourth-order valence-electron chi connectivity index (χ4n) is 3.32. The maximum atomic E-state index is 4.47. The summed E-state index contributed by atoms with van der Waals surface area (Å²) in [5.74, 6) is 0. The van der Waals surface area contributed by atoms with Crippen molar-refractivity contribution in [3.63, 3.8) is 0 Å². The van der Waals surface area contributed by atoms with Gasteiger partial charge in [0.15, 0.2) is 0 Å². The summed E-state index contributed by atoms with van der Waals surface area (Å²) in [7, 11) is 0. The third-order valence-corrected chi connectivity index (χ3v) is 4.37. The molecule has 2 atom stereocenters. The summed E-state index contributed by atoms with van der Waals surface area (Å²) in [4.78, 5) is 7.14. The van der Waals surface area contributed by atoms with Crippen LogP contribution in [0.2, 0.25) is 0 Å². The monoisotopic (exact) mass is 245 g/mol. The number of hydrogen-bond acceptors (Lipinski definition) is 3. The van der Waals surface area contributed by atoms with E-state index in [4.69, 9.17) is 0 Å². The fraction of sp³-hybridized carbons (Fsp3) is 0.667. The Hall–Kier alpha value is -0.930. The molecule has 2 fully saturated rings. The van der Waals surface area contributed by atoms with Gasteiger partial charge in [0.1, 0.15) is 0 Å². The van der Waals surface area contributed by atoms with E-state index in [2.05, 4.69) is 34.3 Å². The maximum absolute atomic E-state index is 4.47. The highest BCUT2D eigenvalue weighted by atomic mass is 15.2. The van der Waals surface area contributed by atoms with Gasteiger partial charge in [-0.15, -0.1) is 0 Å². The van der Waals surface area contributed by atoms with E-state index in [1.807, 2.05) is 6.20 Å². The molecule has 3 heteroatoms. The topological polar surface area (TPSA) is 28.2 Å². The normalized spacial score (nSPS) is 28.3. The molecule has 2 aliphatic rings. The molecule has 98 valence electrons. The zero-order valence-corrected chi connectivity index (χ0v) is 11.2. The maximum Gasteiger partial charge on any atom is 0.0541 e. The van der Waals surface area contributed by atoms with Crippen molar-refractivity contribution in [3.05, 3.63) is 29.6 Å². The first-order chi connectivity index (χ1) is 8.83. The Kier molecular flexibility index (Phi) is 3.62. The van der Waals surface area contributed by atoms with Crippen molar-refractivity contribution < 1.29 is 0 Å². The average Bonchev–Trinajstić information content (AvgIpc) is 2.82. The number of pyridine rings is 1. The lowest BCUT2D eigenvalue weighted by Gasteiger charge is -2.32.